The molecule has 1 heterocycles. The fourth-order valence-corrected chi connectivity index (χ4v) is 2.77. The molecule has 1 amide bonds. The van der Waals surface area contributed by atoms with Crippen molar-refractivity contribution >= 4 is 22.6 Å². The highest BCUT2D eigenvalue weighted by Gasteiger charge is 2.15. The molecule has 0 atom stereocenters. The van der Waals surface area contributed by atoms with Gasteiger partial charge in [0.25, 0.3) is 5.91 Å². The van der Waals surface area contributed by atoms with Crippen LogP contribution in [0.3, 0.4) is 0 Å². The summed E-state index contributed by atoms with van der Waals surface area (Å²) in [5.74, 6) is 6.87. The molecule has 5 heteroatoms. The SMILES string of the molecule is CCC#CCOc1ccc2[nH]nc(NC(=O)c3ccc(C(C)(C)C)cc3)c2c1. The molecule has 0 bridgehead atoms. The summed E-state index contributed by atoms with van der Waals surface area (Å²) in [7, 11) is 0. The molecule has 0 saturated heterocycles. The molecule has 3 aromatic rings. The zero-order chi connectivity index (χ0) is 20.1. The predicted octanol–water partition coefficient (Wildman–Crippen LogP) is 4.90. The first-order chi connectivity index (χ1) is 13.4. The van der Waals surface area contributed by atoms with Crippen LogP contribution < -0.4 is 10.1 Å². The maximum Gasteiger partial charge on any atom is 0.256 e. The summed E-state index contributed by atoms with van der Waals surface area (Å²) in [5, 5.41) is 10.8. The van der Waals surface area contributed by atoms with Gasteiger partial charge in [-0.1, -0.05) is 45.7 Å². The molecule has 0 spiro atoms. The molecule has 0 unspecified atom stereocenters. The van der Waals surface area contributed by atoms with Crippen LogP contribution in [0.5, 0.6) is 5.75 Å². The third-order valence-corrected chi connectivity index (χ3v) is 4.39. The van der Waals surface area contributed by atoms with Crippen molar-refractivity contribution in [1.82, 2.24) is 10.2 Å². The molecule has 0 radical (unpaired) electrons. The van der Waals surface area contributed by atoms with Crippen LogP contribution in [-0.4, -0.2) is 22.7 Å². The van der Waals surface area contributed by atoms with E-state index >= 15 is 0 Å². The van der Waals surface area contributed by atoms with Crippen LogP contribution in [0.15, 0.2) is 42.5 Å². The van der Waals surface area contributed by atoms with Crippen LogP contribution in [-0.2, 0) is 5.41 Å². The summed E-state index contributed by atoms with van der Waals surface area (Å²) in [6, 6.07) is 13.2. The van der Waals surface area contributed by atoms with Gasteiger partial charge in [-0.3, -0.25) is 9.89 Å². The zero-order valence-electron chi connectivity index (χ0n) is 16.7. The number of nitrogens with one attached hydrogen (secondary N) is 2. The molecule has 3 rings (SSSR count). The number of fused-ring (bicyclic) bond motifs is 1. The number of aromatic amines is 1. The minimum Gasteiger partial charge on any atom is -0.481 e. The quantitative estimate of drug-likeness (QED) is 0.637. The molecule has 1 aromatic heterocycles. The maximum absolute atomic E-state index is 12.6. The largest absolute Gasteiger partial charge is 0.481 e. The molecular formula is C23H25N3O2. The smallest absolute Gasteiger partial charge is 0.256 e. The van der Waals surface area contributed by atoms with Crippen molar-refractivity contribution < 1.29 is 9.53 Å². The van der Waals surface area contributed by atoms with Gasteiger partial charge in [0.2, 0.25) is 0 Å². The van der Waals surface area contributed by atoms with Crippen LogP contribution in [0.1, 0.15) is 50.0 Å². The van der Waals surface area contributed by atoms with Crippen LogP contribution in [0.25, 0.3) is 10.9 Å². The summed E-state index contributed by atoms with van der Waals surface area (Å²) in [6.07, 6.45) is 0.803. The number of anilines is 1. The van der Waals surface area contributed by atoms with Gasteiger partial charge in [0, 0.05) is 17.4 Å². The summed E-state index contributed by atoms with van der Waals surface area (Å²) in [6.45, 7) is 8.76. The summed E-state index contributed by atoms with van der Waals surface area (Å²) in [4.78, 5) is 12.6. The van der Waals surface area contributed by atoms with Gasteiger partial charge in [-0.05, 0) is 41.3 Å². The Kier molecular flexibility index (Phi) is 5.70. The minimum atomic E-state index is -0.200. The van der Waals surface area contributed by atoms with Gasteiger partial charge in [-0.15, -0.1) is 5.92 Å². The van der Waals surface area contributed by atoms with Crippen LogP contribution in [0.2, 0.25) is 0 Å². The Hall–Kier alpha value is -3.26. The van der Waals surface area contributed by atoms with Crippen molar-refractivity contribution in [3.63, 3.8) is 0 Å². The third kappa shape index (κ3) is 4.52. The van der Waals surface area contributed by atoms with Crippen LogP contribution in [0, 0.1) is 11.8 Å². The number of H-pyrrole nitrogens is 1. The van der Waals surface area contributed by atoms with Gasteiger partial charge in [-0.2, -0.15) is 5.10 Å². The van der Waals surface area contributed by atoms with Gasteiger partial charge in [0.15, 0.2) is 5.82 Å². The van der Waals surface area contributed by atoms with Gasteiger partial charge in [0.05, 0.1) is 5.52 Å². The number of ether oxygens (including phenoxy) is 1. The van der Waals surface area contributed by atoms with E-state index < -0.39 is 0 Å². The number of nitrogens with zero attached hydrogens (tertiary/aromatic N) is 1. The topological polar surface area (TPSA) is 67.0 Å². The normalized spacial score (nSPS) is 11.0. The average Bonchev–Trinajstić information content (AvgIpc) is 3.07. The Morgan fingerprint density at radius 2 is 1.89 bits per heavy atom. The maximum atomic E-state index is 12.6. The van der Waals surface area contributed by atoms with E-state index in [1.807, 2.05) is 49.4 Å². The van der Waals surface area contributed by atoms with E-state index in [2.05, 4.69) is 48.1 Å². The number of carbonyl (C=O) groups is 1. The number of aromatic nitrogens is 2. The Morgan fingerprint density at radius 3 is 2.57 bits per heavy atom. The van der Waals surface area contributed by atoms with E-state index in [0.717, 1.165) is 17.3 Å². The van der Waals surface area contributed by atoms with Crippen LogP contribution in [0.4, 0.5) is 5.82 Å². The molecule has 28 heavy (non-hydrogen) atoms. The molecule has 0 aliphatic heterocycles. The number of carbonyl (C=O) groups excluding carboxylic acids is 1. The van der Waals surface area contributed by atoms with Crippen molar-refractivity contribution in [3.05, 3.63) is 53.6 Å². The number of hydrogen-bond donors (Lipinski definition) is 2. The molecule has 2 N–H and O–H groups in total. The second-order valence-electron chi connectivity index (χ2n) is 7.56. The lowest BCUT2D eigenvalue weighted by Gasteiger charge is -2.19. The van der Waals surface area contributed by atoms with Gasteiger partial charge < -0.3 is 10.1 Å². The van der Waals surface area contributed by atoms with E-state index in [0.29, 0.717) is 23.7 Å². The van der Waals surface area contributed by atoms with E-state index in [9.17, 15) is 4.79 Å². The number of benzene rings is 2. The average molecular weight is 375 g/mol. The second kappa shape index (κ2) is 8.18. The molecule has 0 aliphatic rings. The first kappa shape index (κ1) is 19.5. The molecule has 5 nitrogen and oxygen atoms in total. The lowest BCUT2D eigenvalue weighted by atomic mass is 9.87. The standard InChI is InChI=1S/C23H25N3O2/c1-5-6-7-14-28-18-12-13-20-19(15-18)21(26-25-20)24-22(27)16-8-10-17(11-9-16)23(2,3)4/h8-13,15H,5,14H2,1-4H3,(H2,24,25,26,27). The highest BCUT2D eigenvalue weighted by Crippen LogP contribution is 2.26. The Labute approximate surface area is 165 Å². The monoisotopic (exact) mass is 375 g/mol. The highest BCUT2D eigenvalue weighted by molar-refractivity contribution is 6.08. The van der Waals surface area contributed by atoms with E-state index in [4.69, 9.17) is 4.74 Å². The van der Waals surface area contributed by atoms with Gasteiger partial charge in [0.1, 0.15) is 12.4 Å². The highest BCUT2D eigenvalue weighted by atomic mass is 16.5. The number of hydrogen-bond acceptors (Lipinski definition) is 3. The lowest BCUT2D eigenvalue weighted by molar-refractivity contribution is 0.102. The van der Waals surface area contributed by atoms with Gasteiger partial charge in [-0.25, -0.2) is 0 Å². The predicted molar refractivity (Wildman–Crippen MR) is 113 cm³/mol. The molecule has 0 aliphatic carbocycles. The van der Waals surface area contributed by atoms with Crippen molar-refractivity contribution in [2.24, 2.45) is 0 Å². The van der Waals surface area contributed by atoms with E-state index in [-0.39, 0.29) is 11.3 Å². The first-order valence-electron chi connectivity index (χ1n) is 9.37. The third-order valence-electron chi connectivity index (χ3n) is 4.39. The van der Waals surface area contributed by atoms with Crippen molar-refractivity contribution in [3.8, 4) is 17.6 Å². The second-order valence-corrected chi connectivity index (χ2v) is 7.56. The number of amides is 1. The Balaban J connectivity index is 1.76. The zero-order valence-corrected chi connectivity index (χ0v) is 16.7. The van der Waals surface area contributed by atoms with Crippen molar-refractivity contribution in [2.45, 2.75) is 39.5 Å². The summed E-state index contributed by atoms with van der Waals surface area (Å²) >= 11 is 0. The molecule has 0 fully saturated rings. The Bertz CT molecular complexity index is 1030. The van der Waals surface area contributed by atoms with Crippen molar-refractivity contribution in [1.29, 1.82) is 0 Å². The van der Waals surface area contributed by atoms with Gasteiger partial charge >= 0.3 is 0 Å². The number of rotatable bonds is 4. The Morgan fingerprint density at radius 1 is 1.14 bits per heavy atom. The van der Waals surface area contributed by atoms with Crippen LogP contribution >= 0.6 is 0 Å². The molecule has 144 valence electrons. The lowest BCUT2D eigenvalue weighted by Crippen LogP contribution is -2.14. The summed E-state index contributed by atoms with van der Waals surface area (Å²) < 4.78 is 5.65. The first-order valence-corrected chi connectivity index (χ1v) is 9.37. The molecule has 2 aromatic carbocycles. The summed E-state index contributed by atoms with van der Waals surface area (Å²) in [5.41, 5.74) is 2.64. The van der Waals surface area contributed by atoms with E-state index in [1.165, 1.54) is 5.56 Å². The molecular weight excluding hydrogens is 350 g/mol. The van der Waals surface area contributed by atoms with E-state index in [1.54, 1.807) is 0 Å². The van der Waals surface area contributed by atoms with Crippen molar-refractivity contribution in [2.75, 3.05) is 11.9 Å². The fourth-order valence-electron chi connectivity index (χ4n) is 2.77. The molecule has 0 saturated carbocycles. The fraction of sp³-hybridized carbons (Fsp3) is 0.304. The minimum absolute atomic E-state index is 0.0469.